The molecule has 1 amide bonds. The molecule has 4 nitrogen and oxygen atoms in total. The number of carbonyl (C=O) groups is 1. The topological polar surface area (TPSA) is 38.8 Å². The summed E-state index contributed by atoms with van der Waals surface area (Å²) < 4.78 is 36.2. The summed E-state index contributed by atoms with van der Waals surface area (Å²) in [5.41, 5.74) is -0.572. The van der Waals surface area contributed by atoms with Crippen molar-refractivity contribution in [2.45, 2.75) is 26.4 Å². The zero-order valence-corrected chi connectivity index (χ0v) is 12.1. The van der Waals surface area contributed by atoms with Crippen molar-refractivity contribution in [3.05, 3.63) is 29.8 Å². The Bertz CT molecular complexity index is 452. The van der Waals surface area contributed by atoms with E-state index >= 15 is 0 Å². The Kier molecular flexibility index (Phi) is 5.30. The van der Waals surface area contributed by atoms with Crippen molar-refractivity contribution in [2.75, 3.05) is 20.2 Å². The van der Waals surface area contributed by atoms with Crippen LogP contribution < -0.4 is 4.74 Å². The van der Waals surface area contributed by atoms with Gasteiger partial charge in [-0.3, -0.25) is 0 Å². The van der Waals surface area contributed by atoms with Crippen LogP contribution in [0.5, 0.6) is 5.75 Å². The summed E-state index contributed by atoms with van der Waals surface area (Å²) in [6.45, 7) is 5.66. The van der Waals surface area contributed by atoms with Gasteiger partial charge in [0.15, 0.2) is 0 Å². The van der Waals surface area contributed by atoms with E-state index in [0.29, 0.717) is 0 Å². The zero-order chi connectivity index (χ0) is 15.3. The van der Waals surface area contributed by atoms with Gasteiger partial charge in [0.05, 0.1) is 6.54 Å². The maximum absolute atomic E-state index is 12.9. The van der Waals surface area contributed by atoms with E-state index in [9.17, 15) is 13.6 Å². The first-order chi connectivity index (χ1) is 9.17. The number of rotatable bonds is 4. The maximum atomic E-state index is 12.9. The molecule has 0 aromatic heterocycles. The summed E-state index contributed by atoms with van der Waals surface area (Å²) in [6.07, 6.45) is -0.480. The molecule has 1 rings (SSSR count). The molecule has 0 aliphatic rings. The van der Waals surface area contributed by atoms with Gasteiger partial charge in [-0.25, -0.2) is 13.6 Å². The Hall–Kier alpha value is -1.85. The van der Waals surface area contributed by atoms with Gasteiger partial charge >= 0.3 is 6.09 Å². The Morgan fingerprint density at radius 1 is 1.20 bits per heavy atom. The van der Waals surface area contributed by atoms with Crippen molar-refractivity contribution in [1.82, 2.24) is 4.90 Å². The van der Waals surface area contributed by atoms with Gasteiger partial charge in [-0.05, 0) is 20.8 Å². The number of carbonyl (C=O) groups excluding carboxylic acids is 1. The van der Waals surface area contributed by atoms with E-state index in [4.69, 9.17) is 9.47 Å². The fraction of sp³-hybridized carbons (Fsp3) is 0.500. The second-order valence-corrected chi connectivity index (χ2v) is 5.36. The lowest BCUT2D eigenvalue weighted by atomic mass is 10.2. The van der Waals surface area contributed by atoms with Gasteiger partial charge in [-0.15, -0.1) is 0 Å². The molecule has 20 heavy (non-hydrogen) atoms. The normalized spacial score (nSPS) is 11.1. The van der Waals surface area contributed by atoms with Gasteiger partial charge in [0.1, 0.15) is 29.6 Å². The molecule has 6 heteroatoms. The third kappa shape index (κ3) is 5.86. The van der Waals surface area contributed by atoms with Crippen LogP contribution in [0.1, 0.15) is 20.8 Å². The molecule has 0 saturated heterocycles. The molecule has 0 spiro atoms. The zero-order valence-electron chi connectivity index (χ0n) is 12.1. The Balaban J connectivity index is 2.42. The molecule has 112 valence electrons. The lowest BCUT2D eigenvalue weighted by Gasteiger charge is -2.24. The average molecular weight is 287 g/mol. The second kappa shape index (κ2) is 6.54. The number of ether oxygens (including phenoxy) is 2. The van der Waals surface area contributed by atoms with Crippen molar-refractivity contribution in [3.8, 4) is 5.75 Å². The molecule has 1 aromatic carbocycles. The minimum absolute atomic E-state index is 0.0834. The number of halogens is 2. The van der Waals surface area contributed by atoms with Crippen LogP contribution in [0.2, 0.25) is 0 Å². The highest BCUT2D eigenvalue weighted by atomic mass is 19.1. The first kappa shape index (κ1) is 16.2. The van der Waals surface area contributed by atoms with Crippen LogP contribution in [-0.4, -0.2) is 36.8 Å². The van der Waals surface area contributed by atoms with Gasteiger partial charge in [0.2, 0.25) is 0 Å². The van der Waals surface area contributed by atoms with Crippen LogP contribution in [0, 0.1) is 11.6 Å². The third-order valence-corrected chi connectivity index (χ3v) is 2.24. The minimum atomic E-state index is -0.708. The van der Waals surface area contributed by atoms with Crippen LogP contribution in [-0.2, 0) is 4.74 Å². The molecule has 0 N–H and O–H groups in total. The standard InChI is InChI=1S/C14H19F2NO3/c1-14(2,3)20-13(18)17(4)5-6-19-12-8-10(15)7-11(16)9-12/h7-9H,5-6H2,1-4H3. The van der Waals surface area contributed by atoms with E-state index in [2.05, 4.69) is 0 Å². The van der Waals surface area contributed by atoms with Crippen molar-refractivity contribution < 1.29 is 23.0 Å². The molecule has 1 aromatic rings. The van der Waals surface area contributed by atoms with E-state index < -0.39 is 23.3 Å². The number of amides is 1. The highest BCUT2D eigenvalue weighted by molar-refractivity contribution is 5.67. The minimum Gasteiger partial charge on any atom is -0.492 e. The van der Waals surface area contributed by atoms with Gasteiger partial charge in [0, 0.05) is 25.2 Å². The highest BCUT2D eigenvalue weighted by Gasteiger charge is 2.19. The molecule has 0 unspecified atom stereocenters. The molecule has 0 heterocycles. The summed E-state index contributed by atoms with van der Waals surface area (Å²) in [4.78, 5) is 13.0. The Morgan fingerprint density at radius 3 is 2.25 bits per heavy atom. The smallest absolute Gasteiger partial charge is 0.410 e. The van der Waals surface area contributed by atoms with Gasteiger partial charge in [0.25, 0.3) is 0 Å². The quantitative estimate of drug-likeness (QED) is 0.853. The van der Waals surface area contributed by atoms with Gasteiger partial charge in [-0.1, -0.05) is 0 Å². The lowest BCUT2D eigenvalue weighted by Crippen LogP contribution is -2.36. The maximum Gasteiger partial charge on any atom is 0.410 e. The average Bonchev–Trinajstić information content (AvgIpc) is 2.25. The molecule has 0 atom stereocenters. The van der Waals surface area contributed by atoms with E-state index in [1.165, 1.54) is 4.90 Å². The highest BCUT2D eigenvalue weighted by Crippen LogP contribution is 2.15. The monoisotopic (exact) mass is 287 g/mol. The van der Waals surface area contributed by atoms with E-state index in [-0.39, 0.29) is 18.9 Å². The predicted octanol–water partition coefficient (Wildman–Crippen LogP) is 3.21. The molecular formula is C14H19F2NO3. The van der Waals surface area contributed by atoms with Crippen LogP contribution >= 0.6 is 0 Å². The molecule has 0 saturated carbocycles. The van der Waals surface area contributed by atoms with E-state index in [1.54, 1.807) is 27.8 Å². The molecule has 0 aliphatic heterocycles. The molecule has 0 aliphatic carbocycles. The number of benzene rings is 1. The number of likely N-dealkylation sites (N-methyl/N-ethyl adjacent to an activating group) is 1. The first-order valence-electron chi connectivity index (χ1n) is 6.20. The second-order valence-electron chi connectivity index (χ2n) is 5.36. The van der Waals surface area contributed by atoms with E-state index in [0.717, 1.165) is 18.2 Å². The van der Waals surface area contributed by atoms with Crippen molar-refractivity contribution in [3.63, 3.8) is 0 Å². The SMILES string of the molecule is CN(CCOc1cc(F)cc(F)c1)C(=O)OC(C)(C)C. The fourth-order valence-corrected chi connectivity index (χ4v) is 1.34. The Morgan fingerprint density at radius 2 is 1.75 bits per heavy atom. The van der Waals surface area contributed by atoms with Crippen molar-refractivity contribution in [1.29, 1.82) is 0 Å². The number of nitrogens with zero attached hydrogens (tertiary/aromatic N) is 1. The first-order valence-corrected chi connectivity index (χ1v) is 6.20. The summed E-state index contributed by atoms with van der Waals surface area (Å²) >= 11 is 0. The largest absolute Gasteiger partial charge is 0.492 e. The van der Waals surface area contributed by atoms with Crippen LogP contribution in [0.25, 0.3) is 0 Å². The fourth-order valence-electron chi connectivity index (χ4n) is 1.34. The summed E-state index contributed by atoms with van der Waals surface area (Å²) in [6, 6.07) is 2.92. The van der Waals surface area contributed by atoms with E-state index in [1.807, 2.05) is 0 Å². The summed E-state index contributed by atoms with van der Waals surface area (Å²) in [5, 5.41) is 0. The van der Waals surface area contributed by atoms with Crippen LogP contribution in [0.15, 0.2) is 18.2 Å². The third-order valence-electron chi connectivity index (χ3n) is 2.24. The number of hydrogen-bond acceptors (Lipinski definition) is 3. The van der Waals surface area contributed by atoms with Gasteiger partial charge in [-0.2, -0.15) is 0 Å². The molecule has 0 bridgehead atoms. The van der Waals surface area contributed by atoms with Gasteiger partial charge < -0.3 is 14.4 Å². The van der Waals surface area contributed by atoms with Crippen molar-refractivity contribution in [2.24, 2.45) is 0 Å². The van der Waals surface area contributed by atoms with Crippen LogP contribution in [0.3, 0.4) is 0 Å². The summed E-state index contributed by atoms with van der Waals surface area (Å²) in [5.74, 6) is -1.33. The Labute approximate surface area is 117 Å². The molecule has 0 fully saturated rings. The number of hydrogen-bond donors (Lipinski definition) is 0. The van der Waals surface area contributed by atoms with Crippen molar-refractivity contribution >= 4 is 6.09 Å². The lowest BCUT2D eigenvalue weighted by molar-refractivity contribution is 0.0278. The summed E-state index contributed by atoms with van der Waals surface area (Å²) in [7, 11) is 1.56. The van der Waals surface area contributed by atoms with Crippen LogP contribution in [0.4, 0.5) is 13.6 Å². The molecular weight excluding hydrogens is 268 g/mol. The predicted molar refractivity (Wildman–Crippen MR) is 70.7 cm³/mol. The molecule has 0 radical (unpaired) electrons.